The van der Waals surface area contributed by atoms with Gasteiger partial charge in [-0.1, -0.05) is 72.8 Å². The van der Waals surface area contributed by atoms with Crippen molar-refractivity contribution in [3.05, 3.63) is 119 Å². The number of ether oxygens (including phenoxy) is 1. The molecule has 33 heavy (non-hydrogen) atoms. The van der Waals surface area contributed by atoms with Gasteiger partial charge in [-0.25, -0.2) is 0 Å². The summed E-state index contributed by atoms with van der Waals surface area (Å²) in [6, 6.07) is 34.3. The molecule has 0 aliphatic heterocycles. The molecule has 0 saturated heterocycles. The molecule has 2 heteroatoms. The second-order valence-corrected chi connectivity index (χ2v) is 9.06. The highest BCUT2D eigenvalue weighted by Crippen LogP contribution is 2.60. The number of methoxy groups -OCH3 is 1. The van der Waals surface area contributed by atoms with E-state index >= 15 is 0 Å². The van der Waals surface area contributed by atoms with Gasteiger partial charge in [-0.05, 0) is 80.6 Å². The number of benzene rings is 5. The molecule has 0 radical (unpaired) electrons. The Kier molecular flexibility index (Phi) is 3.64. The minimum atomic E-state index is -0.345. The lowest BCUT2D eigenvalue weighted by molar-refractivity contribution is 0.415. The quantitative estimate of drug-likeness (QED) is 0.310. The predicted molar refractivity (Wildman–Crippen MR) is 133 cm³/mol. The Morgan fingerprint density at radius 1 is 0.667 bits per heavy atom. The van der Waals surface area contributed by atoms with Gasteiger partial charge in [0.2, 0.25) is 0 Å². The number of phenols is 1. The van der Waals surface area contributed by atoms with Crippen LogP contribution >= 0.6 is 0 Å². The summed E-state index contributed by atoms with van der Waals surface area (Å²) in [7, 11) is 1.66. The number of aromatic hydroxyl groups is 1. The lowest BCUT2D eigenvalue weighted by atomic mass is 9.62. The van der Waals surface area contributed by atoms with Crippen LogP contribution in [0.15, 0.2) is 97.1 Å². The van der Waals surface area contributed by atoms with E-state index in [2.05, 4.69) is 78.9 Å². The van der Waals surface area contributed by atoms with E-state index < -0.39 is 0 Å². The molecule has 0 heterocycles. The minimum absolute atomic E-state index is 0.295. The third-order valence-corrected chi connectivity index (χ3v) is 7.59. The second-order valence-electron chi connectivity index (χ2n) is 9.06. The maximum absolute atomic E-state index is 11.3. The molecule has 0 aromatic heterocycles. The zero-order valence-corrected chi connectivity index (χ0v) is 18.3. The first-order valence-corrected chi connectivity index (χ1v) is 11.3. The van der Waals surface area contributed by atoms with Gasteiger partial charge in [0.15, 0.2) is 0 Å². The maximum atomic E-state index is 11.3. The molecule has 5 aromatic rings. The maximum Gasteiger partial charge on any atom is 0.123 e. The van der Waals surface area contributed by atoms with E-state index in [4.69, 9.17) is 4.74 Å². The molecule has 0 amide bonds. The molecular formula is C31H22O2. The van der Waals surface area contributed by atoms with E-state index in [0.29, 0.717) is 5.75 Å². The molecule has 0 atom stereocenters. The van der Waals surface area contributed by atoms with Crippen molar-refractivity contribution in [2.24, 2.45) is 0 Å². The van der Waals surface area contributed by atoms with Crippen LogP contribution in [0.25, 0.3) is 33.0 Å². The Hall–Kier alpha value is -4.04. The first-order valence-electron chi connectivity index (χ1n) is 11.3. The summed E-state index contributed by atoms with van der Waals surface area (Å²) in [6.07, 6.45) is 0.866. The summed E-state index contributed by atoms with van der Waals surface area (Å²) in [5, 5.41) is 13.2. The van der Waals surface area contributed by atoms with Crippen LogP contribution in [0.4, 0.5) is 0 Å². The van der Waals surface area contributed by atoms with Crippen LogP contribution in [0.5, 0.6) is 11.5 Å². The molecule has 1 spiro atoms. The van der Waals surface area contributed by atoms with Gasteiger partial charge in [0.05, 0.1) is 12.5 Å². The molecule has 1 N–H and O–H groups in total. The number of hydrogen-bond donors (Lipinski definition) is 1. The Morgan fingerprint density at radius 2 is 1.30 bits per heavy atom. The van der Waals surface area contributed by atoms with E-state index in [-0.39, 0.29) is 5.41 Å². The molecular weight excluding hydrogens is 404 g/mol. The largest absolute Gasteiger partial charge is 0.507 e. The average Bonchev–Trinajstić information content (AvgIpc) is 3.15. The fourth-order valence-electron chi connectivity index (χ4n) is 6.24. The number of rotatable bonds is 1. The summed E-state index contributed by atoms with van der Waals surface area (Å²) >= 11 is 0. The monoisotopic (exact) mass is 426 g/mol. The third kappa shape index (κ3) is 2.28. The molecule has 2 aliphatic carbocycles. The fourth-order valence-corrected chi connectivity index (χ4v) is 6.24. The van der Waals surface area contributed by atoms with E-state index in [9.17, 15) is 5.11 Å². The average molecular weight is 427 g/mol. The molecule has 0 saturated carbocycles. The van der Waals surface area contributed by atoms with Crippen LogP contribution in [0.2, 0.25) is 0 Å². The van der Waals surface area contributed by atoms with Crippen LogP contribution in [-0.4, -0.2) is 12.2 Å². The lowest BCUT2D eigenvalue weighted by Gasteiger charge is -2.40. The zero-order chi connectivity index (χ0) is 22.2. The van der Waals surface area contributed by atoms with Crippen LogP contribution in [0, 0.1) is 0 Å². The van der Waals surface area contributed by atoms with E-state index in [1.54, 1.807) is 7.11 Å². The summed E-state index contributed by atoms with van der Waals surface area (Å²) in [5.41, 5.74) is 9.81. The standard InChI is InChI=1S/C31H22O2/c1-33-20-14-15-24-25(16-20)29(32)17-28-30(24)21-9-3-2-8-19(21)18-31(28)26-12-6-4-10-22(26)23-11-5-7-13-27(23)31/h2-17,32H,18H2,1H3. The number of fused-ring (bicyclic) bond motifs is 11. The summed E-state index contributed by atoms with van der Waals surface area (Å²) in [4.78, 5) is 0. The van der Waals surface area contributed by atoms with Crippen LogP contribution in [-0.2, 0) is 11.8 Å². The third-order valence-electron chi connectivity index (χ3n) is 7.59. The lowest BCUT2D eigenvalue weighted by Crippen LogP contribution is -2.33. The van der Waals surface area contributed by atoms with Crippen molar-refractivity contribution in [3.8, 4) is 33.8 Å². The molecule has 2 nitrogen and oxygen atoms in total. The summed E-state index contributed by atoms with van der Waals surface area (Å²) < 4.78 is 5.47. The van der Waals surface area contributed by atoms with Gasteiger partial charge in [0.1, 0.15) is 11.5 Å². The zero-order valence-electron chi connectivity index (χ0n) is 18.3. The molecule has 5 aromatic carbocycles. The molecule has 2 aliphatic rings. The highest BCUT2D eigenvalue weighted by Gasteiger charge is 2.48. The van der Waals surface area contributed by atoms with Crippen molar-refractivity contribution >= 4 is 10.8 Å². The Balaban J connectivity index is 1.69. The first kappa shape index (κ1) is 18.5. The SMILES string of the molecule is COc1ccc2c3c(cc(O)c2c1)C1(Cc2ccccc2-3)c2ccccc2-c2ccccc21. The van der Waals surface area contributed by atoms with Crippen molar-refractivity contribution in [1.29, 1.82) is 0 Å². The van der Waals surface area contributed by atoms with Crippen LogP contribution in [0.3, 0.4) is 0 Å². The summed E-state index contributed by atoms with van der Waals surface area (Å²) in [6.45, 7) is 0. The van der Waals surface area contributed by atoms with Gasteiger partial charge in [-0.2, -0.15) is 0 Å². The predicted octanol–water partition coefficient (Wildman–Crippen LogP) is 7.09. The fraction of sp³-hybridized carbons (Fsp3) is 0.0968. The normalized spacial score (nSPS) is 14.5. The van der Waals surface area contributed by atoms with Crippen molar-refractivity contribution in [3.63, 3.8) is 0 Å². The van der Waals surface area contributed by atoms with Crippen molar-refractivity contribution in [1.82, 2.24) is 0 Å². The van der Waals surface area contributed by atoms with Crippen molar-refractivity contribution in [2.45, 2.75) is 11.8 Å². The van der Waals surface area contributed by atoms with Crippen molar-refractivity contribution < 1.29 is 9.84 Å². The highest BCUT2D eigenvalue weighted by molar-refractivity contribution is 6.05. The minimum Gasteiger partial charge on any atom is -0.507 e. The van der Waals surface area contributed by atoms with Gasteiger partial charge in [-0.3, -0.25) is 0 Å². The first-order chi connectivity index (χ1) is 16.2. The second kappa shape index (κ2) is 6.49. The van der Waals surface area contributed by atoms with Crippen LogP contribution < -0.4 is 4.74 Å². The highest BCUT2D eigenvalue weighted by atomic mass is 16.5. The molecule has 0 fully saturated rings. The van der Waals surface area contributed by atoms with Gasteiger partial charge < -0.3 is 9.84 Å². The molecule has 7 rings (SSSR count). The van der Waals surface area contributed by atoms with E-state index in [1.807, 2.05) is 18.2 Å². The molecule has 158 valence electrons. The topological polar surface area (TPSA) is 29.5 Å². The smallest absolute Gasteiger partial charge is 0.123 e. The number of phenolic OH excluding ortho intramolecular Hbond substituents is 1. The Morgan fingerprint density at radius 3 is 2.00 bits per heavy atom. The Labute approximate surface area is 192 Å². The van der Waals surface area contributed by atoms with Gasteiger partial charge in [-0.15, -0.1) is 0 Å². The summed E-state index contributed by atoms with van der Waals surface area (Å²) in [5.74, 6) is 1.04. The Bertz CT molecular complexity index is 1550. The van der Waals surface area contributed by atoms with Gasteiger partial charge in [0.25, 0.3) is 0 Å². The molecule has 0 unspecified atom stereocenters. The van der Waals surface area contributed by atoms with Crippen molar-refractivity contribution in [2.75, 3.05) is 7.11 Å². The van der Waals surface area contributed by atoms with E-state index in [1.165, 1.54) is 44.5 Å². The number of hydrogen-bond acceptors (Lipinski definition) is 2. The van der Waals surface area contributed by atoms with Crippen LogP contribution in [0.1, 0.15) is 22.3 Å². The van der Waals surface area contributed by atoms with E-state index in [0.717, 1.165) is 22.9 Å². The van der Waals surface area contributed by atoms with Gasteiger partial charge >= 0.3 is 0 Å². The van der Waals surface area contributed by atoms with Gasteiger partial charge in [0, 0.05) is 5.39 Å². The molecule has 0 bridgehead atoms.